The van der Waals surface area contributed by atoms with Gasteiger partial charge in [-0.2, -0.15) is 0 Å². The van der Waals surface area contributed by atoms with Crippen molar-refractivity contribution in [3.05, 3.63) is 76.7 Å². The number of amides is 2. The van der Waals surface area contributed by atoms with E-state index in [1.807, 2.05) is 30.5 Å². The Labute approximate surface area is 262 Å². The number of carbonyl (C=O) groups is 2. The first-order valence-corrected chi connectivity index (χ1v) is 15.8. The predicted octanol–water partition coefficient (Wildman–Crippen LogP) is 2.86. The molecule has 1 aliphatic carbocycles. The molecule has 1 saturated carbocycles. The van der Waals surface area contributed by atoms with Crippen molar-refractivity contribution in [3.8, 4) is 11.1 Å². The maximum Gasteiger partial charge on any atom is 0.271 e. The Kier molecular flexibility index (Phi) is 8.99. The van der Waals surface area contributed by atoms with E-state index >= 15 is 0 Å². The Hall–Kier alpha value is -4.48. The Bertz CT molecular complexity index is 1720. The normalized spacial score (nSPS) is 19.8. The van der Waals surface area contributed by atoms with Crippen LogP contribution in [0.3, 0.4) is 0 Å². The molecule has 4 aromatic rings. The van der Waals surface area contributed by atoms with Crippen LogP contribution in [0.15, 0.2) is 65.6 Å². The Balaban J connectivity index is 1.31. The number of piperazine rings is 1. The SMILES string of the molecule is CN1CCN(c2cc(-c3cccc(C[C@@H](C(N)=O)N(C(=O)C4CCC(CN)CC4)c4ccc5c(=O)[nH][nH]c5c4)c3)ccn2)CC1. The lowest BCUT2D eigenvalue weighted by Gasteiger charge is -2.35. The van der Waals surface area contributed by atoms with Crippen LogP contribution in [-0.4, -0.2) is 77.7 Å². The monoisotopic (exact) mass is 610 g/mol. The topological polar surface area (TPSA) is 157 Å². The van der Waals surface area contributed by atoms with Crippen molar-refractivity contribution in [1.82, 2.24) is 20.1 Å². The highest BCUT2D eigenvalue weighted by atomic mass is 16.2. The molecule has 0 radical (unpaired) electrons. The van der Waals surface area contributed by atoms with Crippen LogP contribution in [0.4, 0.5) is 11.5 Å². The minimum absolute atomic E-state index is 0.131. The summed E-state index contributed by atoms with van der Waals surface area (Å²) >= 11 is 0. The highest BCUT2D eigenvalue weighted by molar-refractivity contribution is 6.03. The molecule has 11 nitrogen and oxygen atoms in total. The summed E-state index contributed by atoms with van der Waals surface area (Å²) in [7, 11) is 2.13. The Morgan fingerprint density at radius 1 is 0.978 bits per heavy atom. The van der Waals surface area contributed by atoms with Crippen molar-refractivity contribution in [3.63, 3.8) is 0 Å². The molecule has 236 valence electrons. The lowest BCUT2D eigenvalue weighted by Crippen LogP contribution is -2.52. The number of nitrogens with zero attached hydrogens (tertiary/aromatic N) is 4. The number of hydrogen-bond acceptors (Lipinski definition) is 7. The number of carbonyl (C=O) groups excluding carboxylic acids is 2. The number of likely N-dealkylation sites (N-methyl/N-ethyl adjacent to an activating group) is 1. The first-order valence-electron chi connectivity index (χ1n) is 15.8. The third kappa shape index (κ3) is 6.64. The molecule has 1 atom stereocenters. The van der Waals surface area contributed by atoms with Gasteiger partial charge in [-0.15, -0.1) is 0 Å². The van der Waals surface area contributed by atoms with Gasteiger partial charge in [-0.05, 0) is 92.2 Å². The van der Waals surface area contributed by atoms with Gasteiger partial charge in [-0.1, -0.05) is 24.3 Å². The summed E-state index contributed by atoms with van der Waals surface area (Å²) in [5, 5.41) is 5.94. The molecule has 2 aromatic carbocycles. The van der Waals surface area contributed by atoms with Crippen molar-refractivity contribution in [2.24, 2.45) is 23.3 Å². The van der Waals surface area contributed by atoms with Crippen LogP contribution < -0.4 is 26.8 Å². The first-order chi connectivity index (χ1) is 21.8. The quantitative estimate of drug-likeness (QED) is 0.227. The molecule has 2 aliphatic rings. The summed E-state index contributed by atoms with van der Waals surface area (Å²) in [5.74, 6) is 0.387. The summed E-state index contributed by atoms with van der Waals surface area (Å²) in [6.45, 7) is 4.44. The molecule has 1 saturated heterocycles. The third-order valence-electron chi connectivity index (χ3n) is 9.51. The smallest absolute Gasteiger partial charge is 0.271 e. The van der Waals surface area contributed by atoms with Gasteiger partial charge in [0.25, 0.3) is 5.56 Å². The van der Waals surface area contributed by atoms with Crippen LogP contribution in [0, 0.1) is 11.8 Å². The molecule has 2 aromatic heterocycles. The third-order valence-corrected chi connectivity index (χ3v) is 9.51. The van der Waals surface area contributed by atoms with Gasteiger partial charge in [0, 0.05) is 50.4 Å². The first kappa shape index (κ1) is 30.5. The van der Waals surface area contributed by atoms with E-state index in [1.54, 1.807) is 23.1 Å². The second-order valence-corrected chi connectivity index (χ2v) is 12.5. The van der Waals surface area contributed by atoms with Crippen molar-refractivity contribution in [2.75, 3.05) is 49.6 Å². The second-order valence-electron chi connectivity index (χ2n) is 12.5. The largest absolute Gasteiger partial charge is 0.368 e. The number of hydrogen-bond donors (Lipinski definition) is 4. The second kappa shape index (κ2) is 13.3. The van der Waals surface area contributed by atoms with Gasteiger partial charge in [0.1, 0.15) is 11.9 Å². The van der Waals surface area contributed by atoms with Gasteiger partial charge in [0.15, 0.2) is 0 Å². The highest BCUT2D eigenvalue weighted by Crippen LogP contribution is 2.33. The van der Waals surface area contributed by atoms with Gasteiger partial charge in [-0.3, -0.25) is 29.5 Å². The van der Waals surface area contributed by atoms with Gasteiger partial charge in [-0.25, -0.2) is 4.98 Å². The van der Waals surface area contributed by atoms with E-state index in [4.69, 9.17) is 11.5 Å². The van der Waals surface area contributed by atoms with E-state index in [9.17, 15) is 14.4 Å². The molecule has 6 rings (SSSR count). The number of pyridine rings is 1. The number of fused-ring (bicyclic) bond motifs is 1. The molecule has 11 heteroatoms. The number of aromatic amines is 2. The maximum atomic E-state index is 14.3. The molecule has 2 amide bonds. The summed E-state index contributed by atoms with van der Waals surface area (Å²) in [5.41, 5.74) is 15.7. The molecule has 2 fully saturated rings. The molecular weight excluding hydrogens is 568 g/mol. The average molecular weight is 611 g/mol. The zero-order valence-electron chi connectivity index (χ0n) is 25.7. The summed E-state index contributed by atoms with van der Waals surface area (Å²) in [6, 6.07) is 16.3. The molecule has 3 heterocycles. The number of rotatable bonds is 9. The summed E-state index contributed by atoms with van der Waals surface area (Å²) in [6.07, 6.45) is 5.24. The average Bonchev–Trinajstić information content (AvgIpc) is 3.44. The van der Waals surface area contributed by atoms with Crippen LogP contribution in [0.1, 0.15) is 31.2 Å². The van der Waals surface area contributed by atoms with E-state index < -0.39 is 11.9 Å². The summed E-state index contributed by atoms with van der Waals surface area (Å²) in [4.78, 5) is 50.5. The number of aromatic nitrogens is 3. The number of anilines is 2. The Morgan fingerprint density at radius 3 is 2.47 bits per heavy atom. The predicted molar refractivity (Wildman–Crippen MR) is 177 cm³/mol. The van der Waals surface area contributed by atoms with Crippen LogP contribution in [0.2, 0.25) is 0 Å². The van der Waals surface area contributed by atoms with Crippen molar-refractivity contribution < 1.29 is 9.59 Å². The summed E-state index contributed by atoms with van der Waals surface area (Å²) < 4.78 is 0. The maximum absolute atomic E-state index is 14.3. The lowest BCUT2D eigenvalue weighted by molar-refractivity contribution is -0.127. The zero-order chi connectivity index (χ0) is 31.5. The fourth-order valence-electron chi connectivity index (χ4n) is 6.70. The van der Waals surface area contributed by atoms with Crippen LogP contribution in [-0.2, 0) is 16.0 Å². The van der Waals surface area contributed by atoms with E-state index in [0.29, 0.717) is 41.9 Å². The molecule has 0 spiro atoms. The number of nitrogens with two attached hydrogens (primary N) is 2. The lowest BCUT2D eigenvalue weighted by atomic mass is 9.81. The zero-order valence-corrected chi connectivity index (χ0v) is 25.7. The van der Waals surface area contributed by atoms with Crippen LogP contribution in [0.5, 0.6) is 0 Å². The van der Waals surface area contributed by atoms with E-state index in [-0.39, 0.29) is 23.8 Å². The van der Waals surface area contributed by atoms with E-state index in [2.05, 4.69) is 44.2 Å². The fourth-order valence-corrected chi connectivity index (χ4v) is 6.70. The van der Waals surface area contributed by atoms with E-state index in [0.717, 1.165) is 61.5 Å². The van der Waals surface area contributed by atoms with Crippen molar-refractivity contribution in [2.45, 2.75) is 38.1 Å². The number of nitrogens with one attached hydrogen (secondary N) is 2. The molecule has 0 unspecified atom stereocenters. The molecule has 6 N–H and O–H groups in total. The van der Waals surface area contributed by atoms with Gasteiger partial charge in [0.2, 0.25) is 11.8 Å². The Morgan fingerprint density at radius 2 is 1.73 bits per heavy atom. The fraction of sp³-hybridized carbons (Fsp3) is 0.412. The van der Waals surface area contributed by atoms with Gasteiger partial charge >= 0.3 is 0 Å². The van der Waals surface area contributed by atoms with Crippen molar-refractivity contribution in [1.29, 1.82) is 0 Å². The van der Waals surface area contributed by atoms with Gasteiger partial charge < -0.3 is 21.3 Å². The number of primary amides is 1. The van der Waals surface area contributed by atoms with Crippen LogP contribution >= 0.6 is 0 Å². The minimum atomic E-state index is -0.929. The molecular formula is C34H42N8O3. The van der Waals surface area contributed by atoms with Gasteiger partial charge in [0.05, 0.1) is 10.9 Å². The van der Waals surface area contributed by atoms with E-state index in [1.165, 1.54) is 0 Å². The number of H-pyrrole nitrogens is 2. The molecule has 45 heavy (non-hydrogen) atoms. The number of benzene rings is 2. The minimum Gasteiger partial charge on any atom is -0.368 e. The van der Waals surface area contributed by atoms with Crippen LogP contribution in [0.25, 0.3) is 22.0 Å². The molecule has 1 aliphatic heterocycles. The van der Waals surface area contributed by atoms with Crippen molar-refractivity contribution >= 4 is 34.2 Å². The highest BCUT2D eigenvalue weighted by Gasteiger charge is 2.36. The standard InChI is InChI=1S/C34H42N8O3/c1-40-13-15-41(16-14-40)31-19-26(11-12-37-31)25-4-2-3-23(17-25)18-30(32(36)43)42(34(45)24-7-5-22(21-35)6-8-24)27-9-10-28-29(20-27)38-39-33(28)44/h2-4,9-12,17,19-20,22,24,30H,5-8,13-16,18,21,35H2,1H3,(H2,36,43)(H2,38,39,44)/t22?,24?,30-/m0/s1. The molecule has 0 bridgehead atoms.